The van der Waals surface area contributed by atoms with Gasteiger partial charge in [0.2, 0.25) is 5.88 Å². The lowest BCUT2D eigenvalue weighted by molar-refractivity contribution is 0.464. The van der Waals surface area contributed by atoms with E-state index in [0.29, 0.717) is 45.9 Å². The normalized spacial score (nSPS) is 19.1. The number of pyridine rings is 2. The van der Waals surface area contributed by atoms with Crippen LogP contribution in [0.2, 0.25) is 0 Å². The number of fused-ring (bicyclic) bond motifs is 4. The highest BCUT2D eigenvalue weighted by atomic mass is 16.5. The van der Waals surface area contributed by atoms with Gasteiger partial charge in [-0.25, -0.2) is 9.97 Å². The fraction of sp³-hybridized carbons (Fsp3) is 0.233. The van der Waals surface area contributed by atoms with Crippen molar-refractivity contribution in [3.63, 3.8) is 0 Å². The molecule has 83 heavy (non-hydrogen) atoms. The molecule has 0 bridgehead atoms. The third-order valence-corrected chi connectivity index (χ3v) is 15.4. The van der Waals surface area contributed by atoms with Crippen LogP contribution in [0.15, 0.2) is 213 Å². The number of benzene rings is 5. The van der Waals surface area contributed by atoms with Gasteiger partial charge in [0.25, 0.3) is 0 Å². The summed E-state index contributed by atoms with van der Waals surface area (Å²) in [5.41, 5.74) is 14.5. The maximum atomic E-state index is 9.33. The van der Waals surface area contributed by atoms with E-state index in [0.717, 1.165) is 61.6 Å². The van der Waals surface area contributed by atoms with Gasteiger partial charge < -0.3 is 25.2 Å². The molecule has 0 amide bonds. The van der Waals surface area contributed by atoms with Crippen LogP contribution in [-0.2, 0) is 21.7 Å². The Morgan fingerprint density at radius 1 is 0.554 bits per heavy atom. The first-order valence-corrected chi connectivity index (χ1v) is 28.7. The third-order valence-electron chi connectivity index (χ3n) is 15.4. The topological polar surface area (TPSA) is 70.5 Å². The lowest BCUT2D eigenvalue weighted by Gasteiger charge is -2.34. The highest BCUT2D eigenvalue weighted by molar-refractivity contribution is 6.67. The highest BCUT2D eigenvalue weighted by Crippen LogP contribution is 2.51. The summed E-state index contributed by atoms with van der Waals surface area (Å²) in [6, 6.07) is 33.0. The van der Waals surface area contributed by atoms with Crippen LogP contribution in [0.4, 0.5) is 22.7 Å². The number of ether oxygens (including phenoxy) is 1. The minimum Gasteiger partial charge on any atom is -0.439 e. The van der Waals surface area contributed by atoms with Crippen molar-refractivity contribution in [2.45, 2.75) is 105 Å². The van der Waals surface area contributed by atoms with Crippen molar-refractivity contribution in [1.82, 2.24) is 25.2 Å². The fourth-order valence-corrected chi connectivity index (χ4v) is 11.1. The molecule has 0 saturated carbocycles. The molecule has 2 radical (unpaired) electrons. The molecule has 8 aromatic rings. The Bertz CT molecular complexity index is 4180. The maximum absolute atomic E-state index is 9.33. The molecule has 5 aromatic carbocycles. The van der Waals surface area contributed by atoms with E-state index >= 15 is 0 Å². The van der Waals surface area contributed by atoms with E-state index in [1.165, 1.54) is 16.7 Å². The summed E-state index contributed by atoms with van der Waals surface area (Å²) in [7, 11) is 4.33. The standard InChI is InChI=1S/C73H75B2N7O/c1-70(2,3)49-34-41-78-66(44-49)82-62-29-14-13-24-53(62)54-33-32-52(47-65(54)82)83-67-46-51(45-61(79-67)68-57(72(7,8)9)42-50(71(4,5)6)43-58(68)73(10,11)12)80-48-81(64-31-16-15-30-63(64)80)69-55(59-27-22-39-76-37-19-17-35-74-59)25-21-26-56(69)60-28-23-40-77-38-20-18-36-75-60/h13-47,76-77H,48H2,1-12H3/b35-17-,36-18-,37-19-,38-20-,39-22-,40-23-,59-27-,60-28-/i13D,14D,24D,29D. The van der Waals surface area contributed by atoms with E-state index in [9.17, 15) is 2.74 Å². The molecule has 10 heteroatoms. The Morgan fingerprint density at radius 2 is 1.16 bits per heavy atom. The van der Waals surface area contributed by atoms with Gasteiger partial charge in [-0.05, 0) is 128 Å². The summed E-state index contributed by atoms with van der Waals surface area (Å²) in [6.45, 7) is 27.4. The number of rotatable bonds is 8. The third kappa shape index (κ3) is 11.7. The molecule has 0 unspecified atom stereocenters. The highest BCUT2D eigenvalue weighted by Gasteiger charge is 2.35. The fourth-order valence-electron chi connectivity index (χ4n) is 11.1. The second-order valence-corrected chi connectivity index (χ2v) is 25.5. The van der Waals surface area contributed by atoms with Gasteiger partial charge in [0.05, 0.1) is 45.0 Å². The number of para-hydroxylation sites is 4. The van der Waals surface area contributed by atoms with Gasteiger partial charge in [-0.15, -0.1) is 12.0 Å². The SMILES string of the molecule is [2H]c1c([2H])c([2H])c2c(c1[2H])c1ccc(Oc3cc(N4CN(c5c(/C6=C/C=C\N/C=C\C=C/[B]6)cccc5/C5=C/C=C\N/C=C\C=C/[B]5)c5ccccc54)cc(-c4c(C(C)(C)C)cc(C(C)(C)C)cc4C(C)(C)C)n3)cc1n2-c1cc(C(C)(C)C)ccn1. The van der Waals surface area contributed by atoms with Crippen molar-refractivity contribution in [2.24, 2.45) is 0 Å². The summed E-state index contributed by atoms with van der Waals surface area (Å²) in [5, 5.41) is 7.56. The zero-order valence-electron chi connectivity index (χ0n) is 53.9. The van der Waals surface area contributed by atoms with Crippen molar-refractivity contribution >= 4 is 70.1 Å². The zero-order chi connectivity index (χ0) is 61.7. The maximum Gasteiger partial charge on any atom is 0.221 e. The first-order chi connectivity index (χ1) is 41.4. The zero-order valence-corrected chi connectivity index (χ0v) is 49.9. The molecular formula is C73H75B2N7O. The van der Waals surface area contributed by atoms with E-state index in [1.807, 2.05) is 102 Å². The molecule has 0 saturated heterocycles. The number of hydrogen-bond donors (Lipinski definition) is 2. The number of hydrogen-bond acceptors (Lipinski definition) is 7. The predicted molar refractivity (Wildman–Crippen MR) is 354 cm³/mol. The smallest absolute Gasteiger partial charge is 0.221 e. The molecule has 0 fully saturated rings. The van der Waals surface area contributed by atoms with E-state index in [2.05, 4.69) is 203 Å². The van der Waals surface area contributed by atoms with E-state index in [-0.39, 0.29) is 45.8 Å². The Kier molecular flexibility index (Phi) is 13.9. The van der Waals surface area contributed by atoms with Crippen LogP contribution in [0.25, 0.3) is 49.8 Å². The average Bonchev–Trinajstić information content (AvgIpc) is 1.73. The summed E-state index contributed by atoms with van der Waals surface area (Å²) >= 11 is 0. The van der Waals surface area contributed by atoms with Crippen LogP contribution >= 0.6 is 0 Å². The van der Waals surface area contributed by atoms with Gasteiger partial charge in [0.1, 0.15) is 18.2 Å². The van der Waals surface area contributed by atoms with Crippen molar-refractivity contribution in [1.29, 1.82) is 0 Å². The van der Waals surface area contributed by atoms with Gasteiger partial charge in [-0.3, -0.25) is 4.57 Å². The number of nitrogens with one attached hydrogen (secondary N) is 2. The lowest BCUT2D eigenvalue weighted by Crippen LogP contribution is -2.26. The van der Waals surface area contributed by atoms with E-state index < -0.39 is 0 Å². The van der Waals surface area contributed by atoms with Gasteiger partial charge in [-0.1, -0.05) is 179 Å². The molecule has 0 aliphatic carbocycles. The minimum absolute atomic E-state index is 0.117. The largest absolute Gasteiger partial charge is 0.439 e. The quantitative estimate of drug-likeness (QED) is 0.147. The Hall–Kier alpha value is -8.75. The molecule has 414 valence electrons. The van der Waals surface area contributed by atoms with Gasteiger partial charge in [-0.2, -0.15) is 0 Å². The lowest BCUT2D eigenvalue weighted by atomic mass is 9.63. The number of nitrogens with zero attached hydrogens (tertiary/aromatic N) is 5. The summed E-state index contributed by atoms with van der Waals surface area (Å²) in [4.78, 5) is 15.2. The van der Waals surface area contributed by atoms with Crippen molar-refractivity contribution in [3.05, 3.63) is 246 Å². The van der Waals surface area contributed by atoms with Gasteiger partial charge in [0.15, 0.2) is 14.6 Å². The molecule has 2 N–H and O–H groups in total. The van der Waals surface area contributed by atoms with Crippen LogP contribution in [0.3, 0.4) is 0 Å². The Labute approximate surface area is 499 Å². The number of anilines is 4. The average molecular weight is 1090 g/mol. The molecule has 3 aliphatic heterocycles. The molecule has 11 rings (SSSR count). The molecule has 3 aliphatic rings. The predicted octanol–water partition coefficient (Wildman–Crippen LogP) is 17.8. The minimum atomic E-state index is -0.314. The molecule has 6 heterocycles. The molecule has 3 aromatic heterocycles. The Morgan fingerprint density at radius 3 is 1.77 bits per heavy atom. The van der Waals surface area contributed by atoms with Crippen LogP contribution < -0.4 is 25.2 Å². The first-order valence-electron chi connectivity index (χ1n) is 30.7. The molecule has 8 nitrogen and oxygen atoms in total. The van der Waals surface area contributed by atoms with Crippen molar-refractivity contribution in [3.8, 4) is 28.7 Å². The second-order valence-electron chi connectivity index (χ2n) is 25.5. The van der Waals surface area contributed by atoms with Crippen molar-refractivity contribution < 1.29 is 10.2 Å². The first kappa shape index (κ1) is 51.2. The summed E-state index contributed by atoms with van der Waals surface area (Å²) in [5.74, 6) is 5.52. The molecule has 0 spiro atoms. The monoisotopic (exact) mass is 1090 g/mol. The van der Waals surface area contributed by atoms with Gasteiger partial charge in [0, 0.05) is 59.5 Å². The second kappa shape index (κ2) is 22.5. The van der Waals surface area contributed by atoms with Crippen LogP contribution in [0.5, 0.6) is 11.6 Å². The van der Waals surface area contributed by atoms with E-state index in [1.54, 1.807) is 6.20 Å². The molecule has 0 atom stereocenters. The van der Waals surface area contributed by atoms with Crippen LogP contribution in [0, 0.1) is 0 Å². The Balaban J connectivity index is 1.15. The summed E-state index contributed by atoms with van der Waals surface area (Å²) < 4.78 is 45.3. The number of aromatic nitrogens is 3. The number of allylic oxidation sites excluding steroid dienone is 8. The van der Waals surface area contributed by atoms with Gasteiger partial charge >= 0.3 is 0 Å². The van der Waals surface area contributed by atoms with Crippen molar-refractivity contribution in [2.75, 3.05) is 16.5 Å². The van der Waals surface area contributed by atoms with Crippen LogP contribution in [-0.4, -0.2) is 35.8 Å². The summed E-state index contributed by atoms with van der Waals surface area (Å²) in [6.07, 6.45) is 25.8. The van der Waals surface area contributed by atoms with Crippen LogP contribution in [0.1, 0.15) is 122 Å². The van der Waals surface area contributed by atoms with E-state index in [4.69, 9.17) is 17.4 Å². The molecular weight excluding hydrogens is 1010 g/mol.